The van der Waals surface area contributed by atoms with Gasteiger partial charge >= 0.3 is 11.6 Å². The highest BCUT2D eigenvalue weighted by Gasteiger charge is 2.67. The maximum absolute atomic E-state index is 12.5. The van der Waals surface area contributed by atoms with Crippen LogP contribution >= 0.6 is 0 Å². The summed E-state index contributed by atoms with van der Waals surface area (Å²) in [4.78, 5) is 24.8. The van der Waals surface area contributed by atoms with Crippen molar-refractivity contribution in [2.45, 2.75) is 77.3 Å². The first-order chi connectivity index (χ1) is 12.9. The molecular formula is C21H28O7. The number of cyclic esters (lactones) is 1. The van der Waals surface area contributed by atoms with E-state index in [4.69, 9.17) is 13.9 Å². The second-order valence-corrected chi connectivity index (χ2v) is 9.57. The van der Waals surface area contributed by atoms with Crippen LogP contribution in [0.3, 0.4) is 0 Å². The van der Waals surface area contributed by atoms with Gasteiger partial charge in [-0.15, -0.1) is 0 Å². The fourth-order valence-corrected chi connectivity index (χ4v) is 6.28. The Bertz CT molecular complexity index is 887. The summed E-state index contributed by atoms with van der Waals surface area (Å²) in [7, 11) is 0. The average Bonchev–Trinajstić information content (AvgIpc) is 2.57. The summed E-state index contributed by atoms with van der Waals surface area (Å²) in [5.41, 5.74) is -2.69. The summed E-state index contributed by atoms with van der Waals surface area (Å²) in [6.45, 7) is 9.01. The van der Waals surface area contributed by atoms with Crippen LogP contribution in [0.4, 0.5) is 0 Å². The first kappa shape index (κ1) is 19.5. The fraction of sp³-hybridized carbons (Fsp3) is 0.714. The molecule has 0 amide bonds. The Morgan fingerprint density at radius 3 is 2.43 bits per heavy atom. The molecule has 6 atom stereocenters. The van der Waals surface area contributed by atoms with Crippen molar-refractivity contribution in [3.8, 4) is 5.75 Å². The van der Waals surface area contributed by atoms with Crippen LogP contribution < -0.4 is 10.4 Å². The number of rotatable bonds is 0. The molecule has 7 nitrogen and oxygen atoms in total. The number of carbonyl (C=O) groups excluding carboxylic acids is 1. The van der Waals surface area contributed by atoms with Gasteiger partial charge in [0.1, 0.15) is 22.7 Å². The Morgan fingerprint density at radius 1 is 1.07 bits per heavy atom. The zero-order valence-corrected chi connectivity index (χ0v) is 16.9. The molecule has 1 aliphatic carbocycles. The highest BCUT2D eigenvalue weighted by atomic mass is 16.6. The molecule has 4 rings (SSSR count). The van der Waals surface area contributed by atoms with Gasteiger partial charge in [0.25, 0.3) is 0 Å². The molecule has 0 unspecified atom stereocenters. The molecule has 0 radical (unpaired) electrons. The molecule has 154 valence electrons. The lowest BCUT2D eigenvalue weighted by Crippen LogP contribution is -2.68. The van der Waals surface area contributed by atoms with Crippen LogP contribution in [0.5, 0.6) is 5.75 Å². The van der Waals surface area contributed by atoms with E-state index in [1.807, 2.05) is 13.8 Å². The standard InChI is InChI=1S/C21H28O7/c1-10-6-13-11(18(25)26-10)7-14-20(4,27-13)9-12(22)17-19(2,3)28-16(24)8-15(23)21(14,17)5/h6,12,14-15,17,22-23H,7-9H2,1-5H3/t12-,14+,15-,17+,20-,21+/m1/s1. The van der Waals surface area contributed by atoms with Crippen molar-refractivity contribution in [3.63, 3.8) is 0 Å². The number of aliphatic hydroxyl groups excluding tert-OH is 2. The van der Waals surface area contributed by atoms with E-state index in [1.165, 1.54) is 0 Å². The minimum Gasteiger partial charge on any atom is -0.486 e. The van der Waals surface area contributed by atoms with Crippen molar-refractivity contribution in [1.82, 2.24) is 0 Å². The van der Waals surface area contributed by atoms with Gasteiger partial charge in [-0.1, -0.05) is 6.92 Å². The molecule has 3 heterocycles. The maximum atomic E-state index is 12.5. The van der Waals surface area contributed by atoms with E-state index in [1.54, 1.807) is 26.8 Å². The van der Waals surface area contributed by atoms with E-state index >= 15 is 0 Å². The van der Waals surface area contributed by atoms with Crippen molar-refractivity contribution in [2.24, 2.45) is 17.3 Å². The van der Waals surface area contributed by atoms with Gasteiger partial charge in [0.15, 0.2) is 0 Å². The van der Waals surface area contributed by atoms with Crippen molar-refractivity contribution in [1.29, 1.82) is 0 Å². The molecular weight excluding hydrogens is 364 g/mol. The van der Waals surface area contributed by atoms with E-state index in [0.29, 0.717) is 29.9 Å². The van der Waals surface area contributed by atoms with Crippen LogP contribution in [-0.4, -0.2) is 39.6 Å². The zero-order chi connectivity index (χ0) is 20.6. The van der Waals surface area contributed by atoms with Gasteiger partial charge in [0.05, 0.1) is 24.2 Å². The third kappa shape index (κ3) is 2.55. The molecule has 1 saturated heterocycles. The van der Waals surface area contributed by atoms with E-state index < -0.39 is 46.3 Å². The Labute approximate surface area is 163 Å². The summed E-state index contributed by atoms with van der Waals surface area (Å²) in [6.07, 6.45) is -1.39. The van der Waals surface area contributed by atoms with E-state index in [9.17, 15) is 19.8 Å². The van der Waals surface area contributed by atoms with Gasteiger partial charge in [0, 0.05) is 29.7 Å². The predicted molar refractivity (Wildman–Crippen MR) is 99.0 cm³/mol. The van der Waals surface area contributed by atoms with Gasteiger partial charge in [0.2, 0.25) is 0 Å². The molecule has 1 aromatic heterocycles. The number of esters is 1. The lowest BCUT2D eigenvalue weighted by Gasteiger charge is -2.61. The second-order valence-electron chi connectivity index (χ2n) is 9.57. The molecule has 2 N–H and O–H groups in total. The molecule has 7 heteroatoms. The van der Waals surface area contributed by atoms with Crippen molar-refractivity contribution >= 4 is 5.97 Å². The summed E-state index contributed by atoms with van der Waals surface area (Å²) < 4.78 is 17.2. The summed E-state index contributed by atoms with van der Waals surface area (Å²) >= 11 is 0. The predicted octanol–water partition coefficient (Wildman–Crippen LogP) is 1.73. The van der Waals surface area contributed by atoms with Crippen LogP contribution in [0.1, 0.15) is 51.9 Å². The number of ether oxygens (including phenoxy) is 2. The molecule has 3 aliphatic rings. The smallest absolute Gasteiger partial charge is 0.342 e. The Kier molecular flexibility index (Phi) is 4.05. The SMILES string of the molecule is Cc1cc2c(c(=O)o1)C[C@@H]1[C@@]3(C)[C@H](O)CC(=O)OC(C)(C)[C@@H]3[C@H](O)C[C@@]1(C)O2. The number of carbonyl (C=O) groups is 1. The quantitative estimate of drug-likeness (QED) is 0.648. The molecule has 2 fully saturated rings. The third-order valence-corrected chi connectivity index (χ3v) is 7.24. The van der Waals surface area contributed by atoms with Gasteiger partial charge < -0.3 is 24.1 Å². The maximum Gasteiger partial charge on any atom is 0.342 e. The molecule has 1 aromatic rings. The zero-order valence-electron chi connectivity index (χ0n) is 16.9. The minimum absolute atomic E-state index is 0.162. The van der Waals surface area contributed by atoms with Crippen LogP contribution in [0.15, 0.2) is 15.3 Å². The van der Waals surface area contributed by atoms with Gasteiger partial charge in [-0.3, -0.25) is 4.79 Å². The molecule has 0 bridgehead atoms. The second kappa shape index (κ2) is 5.83. The minimum atomic E-state index is -1.03. The molecule has 1 saturated carbocycles. The van der Waals surface area contributed by atoms with Crippen molar-refractivity contribution in [3.05, 3.63) is 27.8 Å². The number of hydrogen-bond donors (Lipinski definition) is 2. The molecule has 28 heavy (non-hydrogen) atoms. The average molecular weight is 392 g/mol. The van der Waals surface area contributed by atoms with Gasteiger partial charge in [-0.2, -0.15) is 0 Å². The highest BCUT2D eigenvalue weighted by molar-refractivity contribution is 5.71. The molecule has 2 aliphatic heterocycles. The van der Waals surface area contributed by atoms with Gasteiger partial charge in [-0.25, -0.2) is 4.79 Å². The lowest BCUT2D eigenvalue weighted by atomic mass is 9.48. The van der Waals surface area contributed by atoms with E-state index in [-0.39, 0.29) is 12.3 Å². The van der Waals surface area contributed by atoms with Crippen LogP contribution in [0.2, 0.25) is 0 Å². The van der Waals surface area contributed by atoms with Gasteiger partial charge in [-0.05, 0) is 34.1 Å². The largest absolute Gasteiger partial charge is 0.486 e. The normalized spacial score (nSPS) is 41.6. The van der Waals surface area contributed by atoms with Crippen molar-refractivity contribution < 1.29 is 28.9 Å². The molecule has 0 spiro atoms. The number of hydrogen-bond acceptors (Lipinski definition) is 7. The van der Waals surface area contributed by atoms with Crippen LogP contribution in [0.25, 0.3) is 0 Å². The number of aliphatic hydroxyl groups is 2. The Morgan fingerprint density at radius 2 is 1.75 bits per heavy atom. The van der Waals surface area contributed by atoms with Crippen molar-refractivity contribution in [2.75, 3.05) is 0 Å². The highest BCUT2D eigenvalue weighted by Crippen LogP contribution is 2.61. The molecule has 0 aromatic carbocycles. The van der Waals surface area contributed by atoms with Crippen LogP contribution in [-0.2, 0) is 16.0 Å². The summed E-state index contributed by atoms with van der Waals surface area (Å²) in [5.74, 6) is -0.385. The number of fused-ring (bicyclic) bond motifs is 4. The Hall–Kier alpha value is -1.86. The first-order valence-electron chi connectivity index (χ1n) is 9.79. The monoisotopic (exact) mass is 392 g/mol. The third-order valence-electron chi connectivity index (χ3n) is 7.24. The van der Waals surface area contributed by atoms with E-state index in [0.717, 1.165) is 0 Å². The topological polar surface area (TPSA) is 106 Å². The van der Waals surface area contributed by atoms with E-state index in [2.05, 4.69) is 0 Å². The number of aryl methyl sites for hydroxylation is 1. The summed E-state index contributed by atoms with van der Waals surface area (Å²) in [5, 5.41) is 22.2. The lowest BCUT2D eigenvalue weighted by molar-refractivity contribution is -0.230. The first-order valence-corrected chi connectivity index (χ1v) is 9.79. The fourth-order valence-electron chi connectivity index (χ4n) is 6.28. The Balaban J connectivity index is 1.90. The van der Waals surface area contributed by atoms with Crippen LogP contribution in [0, 0.1) is 24.2 Å². The summed E-state index contributed by atoms with van der Waals surface area (Å²) in [6, 6.07) is 1.69.